The van der Waals surface area contributed by atoms with Gasteiger partial charge in [0, 0.05) is 12.8 Å². The fourth-order valence-electron chi connectivity index (χ4n) is 12.3. The predicted molar refractivity (Wildman–Crippen MR) is 375 cm³/mol. The molecule has 0 radical (unpaired) electrons. The first kappa shape index (κ1) is 83.1. The second kappa shape index (κ2) is 74.5. The van der Waals surface area contributed by atoms with Gasteiger partial charge in [-0.1, -0.05) is 371 Å². The Morgan fingerprint density at radius 3 is 0.929 bits per heavy atom. The number of allylic oxidation sites excluding steroid dienone is 6. The molecule has 0 rings (SSSR count). The van der Waals surface area contributed by atoms with Crippen molar-refractivity contribution in [2.75, 3.05) is 13.2 Å². The lowest BCUT2D eigenvalue weighted by Crippen LogP contribution is -2.45. The summed E-state index contributed by atoms with van der Waals surface area (Å²) in [4.78, 5) is 24.6. The van der Waals surface area contributed by atoms with Crippen molar-refractivity contribution in [3.05, 3.63) is 36.5 Å². The van der Waals surface area contributed by atoms with Crippen LogP contribution in [0.1, 0.15) is 431 Å². The van der Waals surface area contributed by atoms with Gasteiger partial charge in [0.25, 0.3) is 0 Å². The molecule has 6 heteroatoms. The van der Waals surface area contributed by atoms with Crippen LogP contribution in [0.2, 0.25) is 0 Å². The van der Waals surface area contributed by atoms with Crippen LogP contribution >= 0.6 is 0 Å². The number of hydrogen-bond acceptors (Lipinski definition) is 5. The molecule has 0 saturated heterocycles. The average molecular weight is 1200 g/mol. The van der Waals surface area contributed by atoms with E-state index in [4.69, 9.17) is 4.74 Å². The van der Waals surface area contributed by atoms with Gasteiger partial charge in [-0.25, -0.2) is 0 Å². The minimum Gasteiger partial charge on any atom is -0.466 e. The molecule has 2 unspecified atom stereocenters. The monoisotopic (exact) mass is 1190 g/mol. The van der Waals surface area contributed by atoms with Gasteiger partial charge in [0.1, 0.15) is 0 Å². The number of unbranched alkanes of at least 4 members (excludes halogenated alkanes) is 56. The topological polar surface area (TPSA) is 95.9 Å². The standard InChI is InChI=1S/C79H151NO5/c1-3-5-7-9-11-13-15-17-19-20-21-34-37-40-44-47-51-55-59-63-67-71-77(82)76(75-81)80-78(83)72-68-64-60-56-52-48-45-41-38-35-32-30-28-26-24-22-23-25-27-29-31-33-36-39-42-46-50-54-58-62-66-70-74-85-79(84)73-69-65-61-57-53-49-43-18-16-14-12-10-8-6-4-2/h12,14,18,25,27,43,76-77,81-82H,3-11,13,15-17,19-24,26,28-42,44-75H2,1-2H3,(H,80,83)/b14-12-,27-25-,43-18-. The van der Waals surface area contributed by atoms with Crippen LogP contribution in [0, 0.1) is 0 Å². The molecule has 1 amide bonds. The van der Waals surface area contributed by atoms with Crippen LogP contribution in [0.4, 0.5) is 0 Å². The molecule has 0 aromatic rings. The number of carbonyl (C=O) groups excluding carboxylic acids is 2. The summed E-state index contributed by atoms with van der Waals surface area (Å²) < 4.78 is 5.49. The van der Waals surface area contributed by atoms with E-state index < -0.39 is 12.1 Å². The Bertz CT molecular complexity index is 1380. The molecule has 0 spiro atoms. The molecule has 85 heavy (non-hydrogen) atoms. The van der Waals surface area contributed by atoms with Crippen molar-refractivity contribution < 1.29 is 24.5 Å². The Morgan fingerprint density at radius 1 is 0.329 bits per heavy atom. The van der Waals surface area contributed by atoms with Crippen molar-refractivity contribution in [3.63, 3.8) is 0 Å². The van der Waals surface area contributed by atoms with E-state index in [1.807, 2.05) is 0 Å². The Hall–Kier alpha value is -1.92. The third kappa shape index (κ3) is 71.0. The summed E-state index contributed by atoms with van der Waals surface area (Å²) in [6, 6.07) is -0.541. The number of aliphatic hydroxyl groups excluding tert-OH is 2. The third-order valence-corrected chi connectivity index (χ3v) is 18.2. The van der Waals surface area contributed by atoms with E-state index in [0.717, 1.165) is 51.4 Å². The molecule has 0 aliphatic rings. The molecule has 0 bridgehead atoms. The van der Waals surface area contributed by atoms with Gasteiger partial charge in [-0.05, 0) is 83.5 Å². The Morgan fingerprint density at radius 2 is 0.588 bits per heavy atom. The van der Waals surface area contributed by atoms with Crippen LogP contribution in [0.25, 0.3) is 0 Å². The summed E-state index contributed by atoms with van der Waals surface area (Å²) >= 11 is 0. The van der Waals surface area contributed by atoms with Crippen molar-refractivity contribution in [2.24, 2.45) is 0 Å². The van der Waals surface area contributed by atoms with E-state index in [9.17, 15) is 19.8 Å². The molecule has 0 saturated carbocycles. The van der Waals surface area contributed by atoms with Crippen molar-refractivity contribution in [2.45, 2.75) is 443 Å². The summed E-state index contributed by atoms with van der Waals surface area (Å²) in [5.41, 5.74) is 0. The van der Waals surface area contributed by atoms with Gasteiger partial charge in [0.05, 0.1) is 25.4 Å². The van der Waals surface area contributed by atoms with Crippen molar-refractivity contribution in [3.8, 4) is 0 Å². The van der Waals surface area contributed by atoms with Gasteiger partial charge < -0.3 is 20.3 Å². The van der Waals surface area contributed by atoms with Gasteiger partial charge in [-0.3, -0.25) is 9.59 Å². The first-order valence-electron chi connectivity index (χ1n) is 38.7. The molecule has 0 aromatic carbocycles. The fourth-order valence-corrected chi connectivity index (χ4v) is 12.3. The lowest BCUT2D eigenvalue weighted by molar-refractivity contribution is -0.143. The molecule has 0 aliphatic heterocycles. The van der Waals surface area contributed by atoms with Crippen LogP contribution in [0.15, 0.2) is 36.5 Å². The first-order chi connectivity index (χ1) is 42.0. The maximum Gasteiger partial charge on any atom is 0.305 e. The highest BCUT2D eigenvalue weighted by atomic mass is 16.5. The highest BCUT2D eigenvalue weighted by Crippen LogP contribution is 2.19. The molecule has 2 atom stereocenters. The predicted octanol–water partition coefficient (Wildman–Crippen LogP) is 25.4. The van der Waals surface area contributed by atoms with Gasteiger partial charge >= 0.3 is 5.97 Å². The number of amides is 1. The summed E-state index contributed by atoms with van der Waals surface area (Å²) in [7, 11) is 0. The normalized spacial score (nSPS) is 12.7. The average Bonchev–Trinajstić information content (AvgIpc) is 3.51. The molecule has 502 valence electrons. The largest absolute Gasteiger partial charge is 0.466 e. The zero-order valence-electron chi connectivity index (χ0n) is 57.6. The van der Waals surface area contributed by atoms with Gasteiger partial charge in [0.2, 0.25) is 5.91 Å². The van der Waals surface area contributed by atoms with Crippen LogP contribution in [0.3, 0.4) is 0 Å². The zero-order valence-corrected chi connectivity index (χ0v) is 57.6. The SMILES string of the molecule is CCCCC/C=C\C/C=C\CCCCCCCC(=O)OCCCCCCCCCCCCCC/C=C\CCCCCCCCCCCCCCCCCCC(=O)NC(CO)C(O)CCCCCCCCCCCCCCCCCCCCCCC. The summed E-state index contributed by atoms with van der Waals surface area (Å²) in [6.07, 6.45) is 96.5. The zero-order chi connectivity index (χ0) is 61.3. The molecule has 0 aromatic heterocycles. The molecular formula is C79H151NO5. The van der Waals surface area contributed by atoms with Crippen LogP contribution in [-0.2, 0) is 14.3 Å². The van der Waals surface area contributed by atoms with E-state index in [-0.39, 0.29) is 18.5 Å². The highest BCUT2D eigenvalue weighted by Gasteiger charge is 2.20. The second-order valence-corrected chi connectivity index (χ2v) is 26.7. The first-order valence-corrected chi connectivity index (χ1v) is 38.7. The minimum absolute atomic E-state index is 0.00479. The van der Waals surface area contributed by atoms with Gasteiger partial charge in [-0.2, -0.15) is 0 Å². The molecule has 0 aliphatic carbocycles. The Labute approximate surface area is 532 Å². The molecule has 6 nitrogen and oxygen atoms in total. The number of rotatable bonds is 73. The number of nitrogens with one attached hydrogen (secondary N) is 1. The minimum atomic E-state index is -0.664. The van der Waals surface area contributed by atoms with E-state index in [2.05, 4.69) is 55.6 Å². The quantitative estimate of drug-likeness (QED) is 0.0320. The fraction of sp³-hybridized carbons (Fsp3) is 0.899. The third-order valence-electron chi connectivity index (χ3n) is 18.2. The van der Waals surface area contributed by atoms with Crippen LogP contribution < -0.4 is 5.32 Å². The van der Waals surface area contributed by atoms with E-state index in [0.29, 0.717) is 25.9 Å². The lowest BCUT2D eigenvalue weighted by Gasteiger charge is -2.22. The maximum absolute atomic E-state index is 12.6. The molecule has 3 N–H and O–H groups in total. The number of aliphatic hydroxyl groups is 2. The Balaban J connectivity index is 3.36. The summed E-state index contributed by atoms with van der Waals surface area (Å²) in [6.45, 7) is 4.96. The highest BCUT2D eigenvalue weighted by molar-refractivity contribution is 5.76. The van der Waals surface area contributed by atoms with E-state index in [1.54, 1.807) is 0 Å². The van der Waals surface area contributed by atoms with Crippen molar-refractivity contribution in [1.82, 2.24) is 5.32 Å². The number of esters is 1. The van der Waals surface area contributed by atoms with E-state index >= 15 is 0 Å². The smallest absolute Gasteiger partial charge is 0.305 e. The van der Waals surface area contributed by atoms with Crippen LogP contribution in [-0.4, -0.2) is 47.4 Å². The summed E-state index contributed by atoms with van der Waals surface area (Å²) in [5, 5.41) is 23.4. The van der Waals surface area contributed by atoms with Crippen molar-refractivity contribution >= 4 is 11.9 Å². The van der Waals surface area contributed by atoms with Gasteiger partial charge in [-0.15, -0.1) is 0 Å². The van der Waals surface area contributed by atoms with Crippen molar-refractivity contribution in [1.29, 1.82) is 0 Å². The van der Waals surface area contributed by atoms with Crippen LogP contribution in [0.5, 0.6) is 0 Å². The number of carbonyl (C=O) groups is 2. The number of ether oxygens (including phenoxy) is 1. The second-order valence-electron chi connectivity index (χ2n) is 26.7. The van der Waals surface area contributed by atoms with E-state index in [1.165, 1.54) is 347 Å². The lowest BCUT2D eigenvalue weighted by atomic mass is 10.0. The molecule has 0 fully saturated rings. The Kier molecular flexibility index (Phi) is 72.9. The molecular weight excluding hydrogens is 1040 g/mol. The van der Waals surface area contributed by atoms with Gasteiger partial charge in [0.15, 0.2) is 0 Å². The molecule has 0 heterocycles. The number of hydrogen-bond donors (Lipinski definition) is 3. The maximum atomic E-state index is 12.6. The summed E-state index contributed by atoms with van der Waals surface area (Å²) in [5.74, 6) is -0.0228.